The standard InChI is InChI=1S/C23H36O3/c1-14-11-17-18(21(3)8-5-16(26)12-20(14)21)6-9-22(4)19(17)7-10-23(22,13-24)15(2)25/h16-19,24,26H,5-13H2,1-4H3/t16-,17+,18-,19-,21+,22-,23-/m0/s1. The van der Waals surface area contributed by atoms with E-state index in [2.05, 4.69) is 20.8 Å². The first-order chi connectivity index (χ1) is 12.2. The molecule has 0 saturated heterocycles. The summed E-state index contributed by atoms with van der Waals surface area (Å²) in [5, 5.41) is 20.5. The van der Waals surface area contributed by atoms with Crippen molar-refractivity contribution in [1.29, 1.82) is 0 Å². The number of fused-ring (bicyclic) bond motifs is 5. The van der Waals surface area contributed by atoms with E-state index in [4.69, 9.17) is 0 Å². The van der Waals surface area contributed by atoms with Crippen LogP contribution in [0.2, 0.25) is 0 Å². The molecule has 0 aromatic rings. The molecule has 146 valence electrons. The highest BCUT2D eigenvalue weighted by molar-refractivity contribution is 5.84. The zero-order chi connectivity index (χ0) is 18.9. The number of carbonyl (C=O) groups is 1. The Bertz CT molecular complexity index is 652. The Balaban J connectivity index is 1.74. The van der Waals surface area contributed by atoms with Gasteiger partial charge < -0.3 is 10.2 Å². The Labute approximate surface area is 158 Å². The Morgan fingerprint density at radius 1 is 1.08 bits per heavy atom. The molecule has 0 aromatic heterocycles. The van der Waals surface area contributed by atoms with Gasteiger partial charge in [0.25, 0.3) is 0 Å². The van der Waals surface area contributed by atoms with Gasteiger partial charge in [0.1, 0.15) is 5.78 Å². The highest BCUT2D eigenvalue weighted by atomic mass is 16.3. The van der Waals surface area contributed by atoms with Gasteiger partial charge in [0, 0.05) is 0 Å². The smallest absolute Gasteiger partial charge is 0.138 e. The van der Waals surface area contributed by atoms with E-state index < -0.39 is 5.41 Å². The maximum atomic E-state index is 12.6. The molecule has 7 atom stereocenters. The number of ketones is 1. The van der Waals surface area contributed by atoms with Crippen LogP contribution in [0.3, 0.4) is 0 Å². The molecular weight excluding hydrogens is 324 g/mol. The zero-order valence-electron chi connectivity index (χ0n) is 17.0. The Morgan fingerprint density at radius 3 is 2.42 bits per heavy atom. The molecule has 0 unspecified atom stereocenters. The molecule has 3 heteroatoms. The molecule has 3 saturated carbocycles. The fourth-order valence-corrected chi connectivity index (χ4v) is 8.18. The molecule has 3 fully saturated rings. The summed E-state index contributed by atoms with van der Waals surface area (Å²) >= 11 is 0. The molecule has 4 rings (SSSR count). The Hall–Kier alpha value is -0.670. The third-order valence-electron chi connectivity index (χ3n) is 9.75. The van der Waals surface area contributed by atoms with Crippen LogP contribution in [0.15, 0.2) is 11.1 Å². The van der Waals surface area contributed by atoms with Crippen LogP contribution in [0, 0.1) is 34.0 Å². The van der Waals surface area contributed by atoms with Crippen LogP contribution in [0.1, 0.15) is 79.1 Å². The number of hydrogen-bond acceptors (Lipinski definition) is 3. The van der Waals surface area contributed by atoms with Crippen LogP contribution in [0.5, 0.6) is 0 Å². The highest BCUT2D eigenvalue weighted by Gasteiger charge is 2.65. The lowest BCUT2D eigenvalue weighted by Crippen LogP contribution is -2.55. The molecule has 0 heterocycles. The van der Waals surface area contributed by atoms with Crippen LogP contribution >= 0.6 is 0 Å². The molecule has 0 amide bonds. The molecule has 4 aliphatic rings. The SMILES string of the molecule is CC(=O)[C@@]1(CO)CC[C@H]2[C@@H]3CC(C)=C4C[C@@H](O)CC[C@]4(C)[C@H]3CC[C@@]21C. The van der Waals surface area contributed by atoms with Crippen LogP contribution in [0.25, 0.3) is 0 Å². The molecule has 3 nitrogen and oxygen atoms in total. The van der Waals surface area contributed by atoms with Gasteiger partial charge in [0.05, 0.1) is 18.1 Å². The Kier molecular flexibility index (Phi) is 4.25. The first-order valence-corrected chi connectivity index (χ1v) is 10.7. The summed E-state index contributed by atoms with van der Waals surface area (Å²) in [4.78, 5) is 12.6. The van der Waals surface area contributed by atoms with Gasteiger partial charge in [0.15, 0.2) is 0 Å². The predicted octanol–water partition coefficient (Wildman–Crippen LogP) is 4.27. The van der Waals surface area contributed by atoms with E-state index >= 15 is 0 Å². The van der Waals surface area contributed by atoms with Gasteiger partial charge in [-0.05, 0) is 93.8 Å². The van der Waals surface area contributed by atoms with E-state index in [1.165, 1.54) is 5.57 Å². The molecular formula is C23H36O3. The molecule has 0 aromatic carbocycles. The monoisotopic (exact) mass is 360 g/mol. The number of carbonyl (C=O) groups excluding carboxylic acids is 1. The molecule has 0 radical (unpaired) electrons. The summed E-state index contributed by atoms with van der Waals surface area (Å²) in [6.07, 6.45) is 8.01. The molecule has 26 heavy (non-hydrogen) atoms. The van der Waals surface area contributed by atoms with Crippen molar-refractivity contribution < 1.29 is 15.0 Å². The van der Waals surface area contributed by atoms with Crippen molar-refractivity contribution in [3.8, 4) is 0 Å². The van der Waals surface area contributed by atoms with Crippen molar-refractivity contribution >= 4 is 5.78 Å². The Morgan fingerprint density at radius 2 is 1.77 bits per heavy atom. The number of rotatable bonds is 2. The molecule has 0 spiro atoms. The first-order valence-electron chi connectivity index (χ1n) is 10.7. The summed E-state index contributed by atoms with van der Waals surface area (Å²) in [6.45, 7) is 8.75. The van der Waals surface area contributed by atoms with Crippen molar-refractivity contribution in [2.45, 2.75) is 85.2 Å². The molecule has 0 bridgehead atoms. The second kappa shape index (κ2) is 5.91. The van der Waals surface area contributed by atoms with Gasteiger partial charge in [-0.3, -0.25) is 4.79 Å². The minimum absolute atomic E-state index is 0.0102. The molecule has 2 N–H and O–H groups in total. The number of Topliss-reactive ketones (excluding diaryl/α,β-unsaturated/α-hetero) is 1. The summed E-state index contributed by atoms with van der Waals surface area (Å²) in [5.74, 6) is 2.04. The second-order valence-electron chi connectivity index (χ2n) is 10.4. The van der Waals surface area contributed by atoms with Gasteiger partial charge in [0.2, 0.25) is 0 Å². The van der Waals surface area contributed by atoms with Crippen LogP contribution in [-0.4, -0.2) is 28.7 Å². The van der Waals surface area contributed by atoms with E-state index in [-0.39, 0.29) is 29.3 Å². The topological polar surface area (TPSA) is 57.5 Å². The quantitative estimate of drug-likeness (QED) is 0.723. The van der Waals surface area contributed by atoms with E-state index in [9.17, 15) is 15.0 Å². The van der Waals surface area contributed by atoms with Crippen LogP contribution in [-0.2, 0) is 4.79 Å². The fraction of sp³-hybridized carbons (Fsp3) is 0.870. The average Bonchev–Trinajstić information content (AvgIpc) is 2.90. The van der Waals surface area contributed by atoms with Gasteiger partial charge in [-0.2, -0.15) is 0 Å². The lowest BCUT2D eigenvalue weighted by Gasteiger charge is -2.60. The van der Waals surface area contributed by atoms with E-state index in [1.54, 1.807) is 12.5 Å². The maximum absolute atomic E-state index is 12.6. The van der Waals surface area contributed by atoms with Crippen molar-refractivity contribution in [3.05, 3.63) is 11.1 Å². The summed E-state index contributed by atoms with van der Waals surface area (Å²) < 4.78 is 0. The minimum Gasteiger partial charge on any atom is -0.395 e. The third kappa shape index (κ3) is 2.16. The van der Waals surface area contributed by atoms with Crippen molar-refractivity contribution in [1.82, 2.24) is 0 Å². The normalized spacial score (nSPS) is 50.8. The number of hydrogen-bond donors (Lipinski definition) is 2. The summed E-state index contributed by atoms with van der Waals surface area (Å²) in [7, 11) is 0. The lowest BCUT2D eigenvalue weighted by molar-refractivity contribution is -0.145. The fourth-order valence-electron chi connectivity index (χ4n) is 8.18. The minimum atomic E-state index is -0.524. The van der Waals surface area contributed by atoms with E-state index in [1.807, 2.05) is 0 Å². The van der Waals surface area contributed by atoms with Gasteiger partial charge in [-0.25, -0.2) is 0 Å². The number of aliphatic hydroxyl groups excluding tert-OH is 2. The average molecular weight is 361 g/mol. The van der Waals surface area contributed by atoms with Crippen molar-refractivity contribution in [2.24, 2.45) is 34.0 Å². The van der Waals surface area contributed by atoms with Crippen LogP contribution in [0.4, 0.5) is 0 Å². The summed E-state index contributed by atoms with van der Waals surface area (Å²) in [6, 6.07) is 0. The zero-order valence-corrected chi connectivity index (χ0v) is 17.0. The van der Waals surface area contributed by atoms with E-state index in [0.29, 0.717) is 17.8 Å². The van der Waals surface area contributed by atoms with Gasteiger partial charge in [-0.1, -0.05) is 25.0 Å². The molecule has 4 aliphatic carbocycles. The maximum Gasteiger partial charge on any atom is 0.138 e. The van der Waals surface area contributed by atoms with E-state index in [0.717, 1.165) is 51.4 Å². The lowest BCUT2D eigenvalue weighted by atomic mass is 9.44. The van der Waals surface area contributed by atoms with Gasteiger partial charge in [-0.15, -0.1) is 0 Å². The number of aliphatic hydroxyl groups is 2. The largest absolute Gasteiger partial charge is 0.395 e. The highest BCUT2D eigenvalue weighted by Crippen LogP contribution is 2.70. The second-order valence-corrected chi connectivity index (χ2v) is 10.4. The first kappa shape index (κ1) is 18.7. The number of allylic oxidation sites excluding steroid dienone is 1. The predicted molar refractivity (Wildman–Crippen MR) is 103 cm³/mol. The van der Waals surface area contributed by atoms with Crippen molar-refractivity contribution in [3.63, 3.8) is 0 Å². The third-order valence-corrected chi connectivity index (χ3v) is 9.75. The molecule has 0 aliphatic heterocycles. The van der Waals surface area contributed by atoms with Crippen LogP contribution < -0.4 is 0 Å². The summed E-state index contributed by atoms with van der Waals surface area (Å²) in [5.41, 5.74) is 2.69. The van der Waals surface area contributed by atoms with Gasteiger partial charge >= 0.3 is 0 Å². The van der Waals surface area contributed by atoms with Crippen molar-refractivity contribution in [2.75, 3.05) is 6.61 Å².